The SMILES string of the molecule is CC(=O)N(C)C1CCN(Cc2cc(-c3ccccc3)on2)CC1. The highest BCUT2D eigenvalue weighted by molar-refractivity contribution is 5.73. The Morgan fingerprint density at radius 1 is 1.30 bits per heavy atom. The molecule has 1 aliphatic rings. The summed E-state index contributed by atoms with van der Waals surface area (Å²) in [7, 11) is 1.90. The summed E-state index contributed by atoms with van der Waals surface area (Å²) in [6.07, 6.45) is 2.03. The summed E-state index contributed by atoms with van der Waals surface area (Å²) in [6, 6.07) is 12.4. The van der Waals surface area contributed by atoms with Crippen molar-refractivity contribution in [1.29, 1.82) is 0 Å². The maximum Gasteiger partial charge on any atom is 0.219 e. The first-order valence-corrected chi connectivity index (χ1v) is 8.10. The molecule has 122 valence electrons. The third-order valence-corrected chi connectivity index (χ3v) is 4.60. The van der Waals surface area contributed by atoms with Crippen LogP contribution in [0.25, 0.3) is 11.3 Å². The number of amides is 1. The Labute approximate surface area is 136 Å². The number of carbonyl (C=O) groups is 1. The van der Waals surface area contributed by atoms with Crippen molar-refractivity contribution in [1.82, 2.24) is 15.0 Å². The van der Waals surface area contributed by atoms with E-state index in [1.165, 1.54) is 0 Å². The third kappa shape index (κ3) is 3.79. The lowest BCUT2D eigenvalue weighted by atomic mass is 10.0. The minimum Gasteiger partial charge on any atom is -0.356 e. The molecule has 23 heavy (non-hydrogen) atoms. The molecule has 0 atom stereocenters. The van der Waals surface area contributed by atoms with Gasteiger partial charge >= 0.3 is 0 Å². The van der Waals surface area contributed by atoms with Crippen LogP contribution in [0, 0.1) is 0 Å². The average Bonchev–Trinajstić information content (AvgIpc) is 3.04. The van der Waals surface area contributed by atoms with Crippen LogP contribution in [-0.4, -0.2) is 47.0 Å². The average molecular weight is 313 g/mol. The van der Waals surface area contributed by atoms with Gasteiger partial charge in [0.25, 0.3) is 0 Å². The standard InChI is InChI=1S/C18H23N3O2/c1-14(22)20(2)17-8-10-21(11-9-17)13-16-12-18(23-19-16)15-6-4-3-5-7-15/h3-7,12,17H,8-11,13H2,1-2H3. The van der Waals surface area contributed by atoms with Crippen molar-refractivity contribution >= 4 is 5.91 Å². The van der Waals surface area contributed by atoms with Crippen LogP contribution in [0.4, 0.5) is 0 Å². The zero-order chi connectivity index (χ0) is 16.2. The lowest BCUT2D eigenvalue weighted by Gasteiger charge is -2.36. The number of aromatic nitrogens is 1. The molecule has 1 aromatic heterocycles. The van der Waals surface area contributed by atoms with Gasteiger partial charge in [-0.1, -0.05) is 35.5 Å². The Bertz CT molecular complexity index is 645. The van der Waals surface area contributed by atoms with Gasteiger partial charge in [0.15, 0.2) is 5.76 Å². The van der Waals surface area contributed by atoms with Gasteiger partial charge in [0.2, 0.25) is 5.91 Å². The van der Waals surface area contributed by atoms with Gasteiger partial charge in [-0.2, -0.15) is 0 Å². The number of likely N-dealkylation sites (tertiary alicyclic amines) is 1. The molecule has 3 rings (SSSR count). The number of piperidine rings is 1. The van der Waals surface area contributed by atoms with Crippen LogP contribution in [0.15, 0.2) is 40.9 Å². The lowest BCUT2D eigenvalue weighted by Crippen LogP contribution is -2.44. The van der Waals surface area contributed by atoms with E-state index in [2.05, 4.69) is 10.1 Å². The van der Waals surface area contributed by atoms with Crippen LogP contribution >= 0.6 is 0 Å². The Morgan fingerprint density at radius 2 is 2.00 bits per heavy atom. The van der Waals surface area contributed by atoms with Crippen LogP contribution in [0.1, 0.15) is 25.5 Å². The molecule has 0 aliphatic carbocycles. The summed E-state index contributed by atoms with van der Waals surface area (Å²) >= 11 is 0. The van der Waals surface area contributed by atoms with Gasteiger partial charge in [-0.3, -0.25) is 9.69 Å². The van der Waals surface area contributed by atoms with Gasteiger partial charge in [-0.25, -0.2) is 0 Å². The number of hydrogen-bond acceptors (Lipinski definition) is 4. The summed E-state index contributed by atoms with van der Waals surface area (Å²) in [5, 5.41) is 4.19. The number of nitrogens with zero attached hydrogens (tertiary/aromatic N) is 3. The zero-order valence-electron chi connectivity index (χ0n) is 13.7. The molecule has 1 aliphatic heterocycles. The molecular weight excluding hydrogens is 290 g/mol. The van der Waals surface area contributed by atoms with E-state index in [4.69, 9.17) is 4.52 Å². The van der Waals surface area contributed by atoms with Gasteiger partial charge in [0.1, 0.15) is 0 Å². The summed E-state index contributed by atoms with van der Waals surface area (Å²) in [5.74, 6) is 0.958. The monoisotopic (exact) mass is 313 g/mol. The first-order chi connectivity index (χ1) is 11.1. The molecule has 0 radical (unpaired) electrons. The summed E-state index contributed by atoms with van der Waals surface area (Å²) in [5.41, 5.74) is 2.01. The zero-order valence-corrected chi connectivity index (χ0v) is 13.7. The second-order valence-corrected chi connectivity index (χ2v) is 6.19. The van der Waals surface area contributed by atoms with E-state index in [0.717, 1.165) is 49.5 Å². The van der Waals surface area contributed by atoms with Crippen molar-refractivity contribution in [2.75, 3.05) is 20.1 Å². The minimum atomic E-state index is 0.146. The highest BCUT2D eigenvalue weighted by atomic mass is 16.5. The molecule has 1 aromatic carbocycles. The molecule has 0 unspecified atom stereocenters. The predicted molar refractivity (Wildman–Crippen MR) is 88.7 cm³/mol. The largest absolute Gasteiger partial charge is 0.356 e. The maximum absolute atomic E-state index is 11.4. The molecule has 2 aromatic rings. The summed E-state index contributed by atoms with van der Waals surface area (Å²) < 4.78 is 5.45. The first-order valence-electron chi connectivity index (χ1n) is 8.10. The van der Waals surface area contributed by atoms with Crippen LogP contribution in [-0.2, 0) is 11.3 Å². The fourth-order valence-corrected chi connectivity index (χ4v) is 3.08. The van der Waals surface area contributed by atoms with E-state index in [1.807, 2.05) is 48.3 Å². The molecule has 5 nitrogen and oxygen atoms in total. The fourth-order valence-electron chi connectivity index (χ4n) is 3.08. The van der Waals surface area contributed by atoms with Crippen molar-refractivity contribution in [2.24, 2.45) is 0 Å². The maximum atomic E-state index is 11.4. The third-order valence-electron chi connectivity index (χ3n) is 4.60. The molecule has 0 spiro atoms. The molecule has 0 bridgehead atoms. The van der Waals surface area contributed by atoms with Crippen molar-refractivity contribution < 1.29 is 9.32 Å². The Balaban J connectivity index is 1.55. The highest BCUT2D eigenvalue weighted by Crippen LogP contribution is 2.22. The van der Waals surface area contributed by atoms with E-state index < -0.39 is 0 Å². The van der Waals surface area contributed by atoms with E-state index in [1.54, 1.807) is 6.92 Å². The molecule has 1 amide bonds. The van der Waals surface area contributed by atoms with Gasteiger partial charge in [0.05, 0.1) is 5.69 Å². The smallest absolute Gasteiger partial charge is 0.219 e. The van der Waals surface area contributed by atoms with E-state index in [0.29, 0.717) is 6.04 Å². The normalized spacial score (nSPS) is 16.4. The second-order valence-electron chi connectivity index (χ2n) is 6.19. The van der Waals surface area contributed by atoms with Gasteiger partial charge in [0, 0.05) is 51.3 Å². The molecular formula is C18H23N3O2. The number of carbonyl (C=O) groups excluding carboxylic acids is 1. The van der Waals surface area contributed by atoms with Gasteiger partial charge < -0.3 is 9.42 Å². The number of rotatable bonds is 4. The van der Waals surface area contributed by atoms with E-state index in [-0.39, 0.29) is 5.91 Å². The molecule has 5 heteroatoms. The predicted octanol–water partition coefficient (Wildman–Crippen LogP) is 2.78. The molecule has 1 fully saturated rings. The Hall–Kier alpha value is -2.14. The molecule has 0 N–H and O–H groups in total. The van der Waals surface area contributed by atoms with E-state index in [9.17, 15) is 4.79 Å². The second kappa shape index (κ2) is 6.96. The Kier molecular flexibility index (Phi) is 4.76. The lowest BCUT2D eigenvalue weighted by molar-refractivity contribution is -0.130. The quantitative estimate of drug-likeness (QED) is 0.871. The van der Waals surface area contributed by atoms with Crippen LogP contribution in [0.5, 0.6) is 0 Å². The molecule has 0 saturated carbocycles. The topological polar surface area (TPSA) is 49.6 Å². The van der Waals surface area contributed by atoms with Gasteiger partial charge in [-0.15, -0.1) is 0 Å². The van der Waals surface area contributed by atoms with Crippen molar-refractivity contribution in [3.63, 3.8) is 0 Å². The van der Waals surface area contributed by atoms with Crippen LogP contribution in [0.2, 0.25) is 0 Å². The summed E-state index contributed by atoms with van der Waals surface area (Å²) in [4.78, 5) is 15.7. The number of benzene rings is 1. The van der Waals surface area contributed by atoms with Crippen LogP contribution in [0.3, 0.4) is 0 Å². The first kappa shape index (κ1) is 15.7. The molecule has 2 heterocycles. The Morgan fingerprint density at radius 3 is 2.65 bits per heavy atom. The molecule has 1 saturated heterocycles. The van der Waals surface area contributed by atoms with Crippen molar-refractivity contribution in [3.8, 4) is 11.3 Å². The van der Waals surface area contributed by atoms with Gasteiger partial charge in [-0.05, 0) is 12.8 Å². The van der Waals surface area contributed by atoms with Crippen molar-refractivity contribution in [3.05, 3.63) is 42.1 Å². The fraction of sp³-hybridized carbons (Fsp3) is 0.444. The van der Waals surface area contributed by atoms with E-state index >= 15 is 0 Å². The highest BCUT2D eigenvalue weighted by Gasteiger charge is 2.24. The van der Waals surface area contributed by atoms with Crippen molar-refractivity contribution in [2.45, 2.75) is 32.4 Å². The summed E-state index contributed by atoms with van der Waals surface area (Å²) in [6.45, 7) is 4.39. The van der Waals surface area contributed by atoms with Crippen LogP contribution < -0.4 is 0 Å². The minimum absolute atomic E-state index is 0.146. The number of hydrogen-bond donors (Lipinski definition) is 0.